The topological polar surface area (TPSA) is 58.2 Å². The molecule has 0 unspecified atom stereocenters. The second kappa shape index (κ2) is 6.12. The van der Waals surface area contributed by atoms with Gasteiger partial charge in [-0.15, -0.1) is 0 Å². The molecule has 4 heteroatoms. The van der Waals surface area contributed by atoms with Gasteiger partial charge in [-0.3, -0.25) is 14.9 Å². The molecule has 0 aliphatic carbocycles. The number of imide groups is 1. The molecule has 1 fully saturated rings. The first kappa shape index (κ1) is 12.5. The SMILES string of the molecule is O=C(C=Cc1ccccc1)NC(=O)[C@H]1CCCN1. The standard InChI is InChI=1S/C14H16N2O2/c17-13(9-8-11-5-2-1-3-6-11)16-14(18)12-7-4-10-15-12/h1-3,5-6,8-9,12,15H,4,7,10H2,(H,16,17,18)/t12-/m1/s1. The first-order chi connectivity index (χ1) is 8.75. The Morgan fingerprint density at radius 2 is 2.06 bits per heavy atom. The minimum atomic E-state index is -0.377. The summed E-state index contributed by atoms with van der Waals surface area (Å²) in [4.78, 5) is 23.2. The zero-order chi connectivity index (χ0) is 12.8. The van der Waals surface area contributed by atoms with Crippen molar-refractivity contribution in [2.75, 3.05) is 6.54 Å². The maximum atomic E-state index is 11.6. The first-order valence-electron chi connectivity index (χ1n) is 6.07. The Hall–Kier alpha value is -1.94. The van der Waals surface area contributed by atoms with Gasteiger partial charge in [-0.2, -0.15) is 0 Å². The molecular formula is C14H16N2O2. The monoisotopic (exact) mass is 244 g/mol. The molecular weight excluding hydrogens is 228 g/mol. The predicted molar refractivity (Wildman–Crippen MR) is 69.7 cm³/mol. The zero-order valence-electron chi connectivity index (χ0n) is 10.1. The summed E-state index contributed by atoms with van der Waals surface area (Å²) in [5.74, 6) is -0.618. The van der Waals surface area contributed by atoms with E-state index in [2.05, 4.69) is 10.6 Å². The van der Waals surface area contributed by atoms with Gasteiger partial charge in [0, 0.05) is 6.08 Å². The van der Waals surface area contributed by atoms with Crippen molar-refractivity contribution in [3.05, 3.63) is 42.0 Å². The highest BCUT2D eigenvalue weighted by atomic mass is 16.2. The molecule has 1 atom stereocenters. The van der Waals surface area contributed by atoms with Crippen LogP contribution in [0.3, 0.4) is 0 Å². The number of benzene rings is 1. The number of rotatable bonds is 3. The normalized spacial score (nSPS) is 19.0. The van der Waals surface area contributed by atoms with Crippen LogP contribution in [-0.2, 0) is 9.59 Å². The van der Waals surface area contributed by atoms with Crippen LogP contribution in [0.15, 0.2) is 36.4 Å². The molecule has 0 saturated carbocycles. The summed E-state index contributed by atoms with van der Waals surface area (Å²) < 4.78 is 0. The Kier molecular flexibility index (Phi) is 4.25. The molecule has 1 aromatic rings. The molecule has 18 heavy (non-hydrogen) atoms. The third-order valence-corrected chi connectivity index (χ3v) is 2.85. The fraction of sp³-hybridized carbons (Fsp3) is 0.286. The number of hydrogen-bond donors (Lipinski definition) is 2. The molecule has 94 valence electrons. The van der Waals surface area contributed by atoms with Crippen molar-refractivity contribution in [2.24, 2.45) is 0 Å². The van der Waals surface area contributed by atoms with Gasteiger partial charge >= 0.3 is 0 Å². The fourth-order valence-corrected chi connectivity index (χ4v) is 1.89. The van der Waals surface area contributed by atoms with E-state index in [9.17, 15) is 9.59 Å². The molecule has 0 radical (unpaired) electrons. The number of amides is 2. The largest absolute Gasteiger partial charge is 0.306 e. The van der Waals surface area contributed by atoms with Gasteiger partial charge in [0.05, 0.1) is 6.04 Å². The summed E-state index contributed by atoms with van der Waals surface area (Å²) in [6.45, 7) is 0.839. The Labute approximate surface area is 106 Å². The third kappa shape index (κ3) is 3.53. The number of nitrogens with one attached hydrogen (secondary N) is 2. The summed E-state index contributed by atoms with van der Waals surface area (Å²) in [7, 11) is 0. The van der Waals surface area contributed by atoms with Crippen molar-refractivity contribution < 1.29 is 9.59 Å². The van der Waals surface area contributed by atoms with Gasteiger partial charge < -0.3 is 5.32 Å². The molecule has 1 aliphatic rings. The maximum Gasteiger partial charge on any atom is 0.250 e. The predicted octanol–water partition coefficient (Wildman–Crippen LogP) is 1.09. The van der Waals surface area contributed by atoms with E-state index in [4.69, 9.17) is 0 Å². The van der Waals surface area contributed by atoms with E-state index in [0.29, 0.717) is 0 Å². The Bertz CT molecular complexity index is 448. The van der Waals surface area contributed by atoms with Crippen molar-refractivity contribution >= 4 is 17.9 Å². The average Bonchev–Trinajstić information content (AvgIpc) is 2.91. The van der Waals surface area contributed by atoms with E-state index in [0.717, 1.165) is 24.9 Å². The second-order valence-corrected chi connectivity index (χ2v) is 4.25. The molecule has 2 rings (SSSR count). The van der Waals surface area contributed by atoms with Crippen LogP contribution in [-0.4, -0.2) is 24.4 Å². The lowest BCUT2D eigenvalue weighted by molar-refractivity contribution is -0.129. The van der Waals surface area contributed by atoms with Gasteiger partial charge in [-0.1, -0.05) is 30.3 Å². The molecule has 1 saturated heterocycles. The lowest BCUT2D eigenvalue weighted by Crippen LogP contribution is -2.42. The number of carbonyl (C=O) groups is 2. The minimum absolute atomic E-state index is 0.223. The molecule has 1 heterocycles. The summed E-state index contributed by atoms with van der Waals surface area (Å²) in [5.41, 5.74) is 0.930. The number of hydrogen-bond acceptors (Lipinski definition) is 3. The summed E-state index contributed by atoms with van der Waals surface area (Å²) in [6, 6.07) is 9.26. The van der Waals surface area contributed by atoms with Crippen LogP contribution in [0.4, 0.5) is 0 Å². The molecule has 0 aromatic heterocycles. The van der Waals surface area contributed by atoms with Gasteiger partial charge in [-0.05, 0) is 31.0 Å². The van der Waals surface area contributed by atoms with E-state index >= 15 is 0 Å². The highest BCUT2D eigenvalue weighted by molar-refractivity contribution is 6.04. The highest BCUT2D eigenvalue weighted by Crippen LogP contribution is 2.04. The van der Waals surface area contributed by atoms with Gasteiger partial charge in [0.25, 0.3) is 5.91 Å². The van der Waals surface area contributed by atoms with Crippen molar-refractivity contribution in [3.63, 3.8) is 0 Å². The Morgan fingerprint density at radius 3 is 2.72 bits per heavy atom. The highest BCUT2D eigenvalue weighted by Gasteiger charge is 2.22. The van der Waals surface area contributed by atoms with Crippen LogP contribution in [0.25, 0.3) is 6.08 Å². The van der Waals surface area contributed by atoms with Crippen LogP contribution in [0, 0.1) is 0 Å². The van der Waals surface area contributed by atoms with Crippen molar-refractivity contribution in [2.45, 2.75) is 18.9 Å². The van der Waals surface area contributed by atoms with Crippen LogP contribution in [0.1, 0.15) is 18.4 Å². The van der Waals surface area contributed by atoms with Gasteiger partial charge in [0.1, 0.15) is 0 Å². The molecule has 2 amide bonds. The van der Waals surface area contributed by atoms with Crippen LogP contribution < -0.4 is 10.6 Å². The Balaban J connectivity index is 1.85. The molecule has 4 nitrogen and oxygen atoms in total. The zero-order valence-corrected chi connectivity index (χ0v) is 10.1. The van der Waals surface area contributed by atoms with Gasteiger partial charge in [-0.25, -0.2) is 0 Å². The molecule has 0 bridgehead atoms. The number of carbonyl (C=O) groups excluding carboxylic acids is 2. The molecule has 1 aromatic carbocycles. The molecule has 1 aliphatic heterocycles. The minimum Gasteiger partial charge on any atom is -0.306 e. The van der Waals surface area contributed by atoms with Crippen molar-refractivity contribution in [1.29, 1.82) is 0 Å². The summed E-state index contributed by atoms with van der Waals surface area (Å²) in [5, 5.41) is 5.41. The third-order valence-electron chi connectivity index (χ3n) is 2.85. The Morgan fingerprint density at radius 1 is 1.28 bits per heavy atom. The van der Waals surface area contributed by atoms with E-state index in [-0.39, 0.29) is 17.9 Å². The average molecular weight is 244 g/mol. The lowest BCUT2D eigenvalue weighted by Gasteiger charge is -2.08. The molecule has 2 N–H and O–H groups in total. The van der Waals surface area contributed by atoms with Crippen molar-refractivity contribution in [3.8, 4) is 0 Å². The van der Waals surface area contributed by atoms with E-state index in [1.54, 1.807) is 6.08 Å². The van der Waals surface area contributed by atoms with E-state index in [1.807, 2.05) is 30.3 Å². The summed E-state index contributed by atoms with van der Waals surface area (Å²) in [6.07, 6.45) is 4.83. The first-order valence-corrected chi connectivity index (χ1v) is 6.07. The van der Waals surface area contributed by atoms with Gasteiger partial charge in [0.2, 0.25) is 5.91 Å². The van der Waals surface area contributed by atoms with Crippen molar-refractivity contribution in [1.82, 2.24) is 10.6 Å². The summed E-state index contributed by atoms with van der Waals surface area (Å²) >= 11 is 0. The molecule has 0 spiro atoms. The smallest absolute Gasteiger partial charge is 0.250 e. The van der Waals surface area contributed by atoms with Crippen LogP contribution >= 0.6 is 0 Å². The van der Waals surface area contributed by atoms with Gasteiger partial charge in [0.15, 0.2) is 0 Å². The van der Waals surface area contributed by atoms with Crippen LogP contribution in [0.5, 0.6) is 0 Å². The quantitative estimate of drug-likeness (QED) is 0.783. The van der Waals surface area contributed by atoms with E-state index in [1.165, 1.54) is 6.08 Å². The lowest BCUT2D eigenvalue weighted by atomic mass is 10.2. The fourth-order valence-electron chi connectivity index (χ4n) is 1.89. The van der Waals surface area contributed by atoms with E-state index < -0.39 is 0 Å². The second-order valence-electron chi connectivity index (χ2n) is 4.25. The maximum absolute atomic E-state index is 11.6. The van der Waals surface area contributed by atoms with Crippen LogP contribution in [0.2, 0.25) is 0 Å².